The van der Waals surface area contributed by atoms with E-state index in [2.05, 4.69) is 0 Å². The first-order valence-electron chi connectivity index (χ1n) is 7.62. The van der Waals surface area contributed by atoms with E-state index in [1.165, 1.54) is 17.0 Å². The zero-order valence-electron chi connectivity index (χ0n) is 13.6. The number of ether oxygens (including phenoxy) is 1. The van der Waals surface area contributed by atoms with Crippen molar-refractivity contribution in [2.75, 3.05) is 6.54 Å². The van der Waals surface area contributed by atoms with E-state index in [4.69, 9.17) is 4.74 Å². The van der Waals surface area contributed by atoms with Gasteiger partial charge in [0, 0.05) is 6.54 Å². The molecular weight excluding hydrogens is 301 g/mol. The summed E-state index contributed by atoms with van der Waals surface area (Å²) in [6, 6.07) is 5.33. The summed E-state index contributed by atoms with van der Waals surface area (Å²) in [6.45, 7) is 5.51. The van der Waals surface area contributed by atoms with Crippen LogP contribution in [0.4, 0.5) is 9.18 Å². The van der Waals surface area contributed by atoms with Gasteiger partial charge in [0.1, 0.15) is 17.5 Å². The van der Waals surface area contributed by atoms with Crippen LogP contribution in [0.3, 0.4) is 0 Å². The quantitative estimate of drug-likeness (QED) is 0.928. The number of carboxylic acids is 1. The number of nitrogens with zero attached hydrogens (tertiary/aromatic N) is 1. The molecule has 1 N–H and O–H groups in total. The van der Waals surface area contributed by atoms with Crippen LogP contribution < -0.4 is 0 Å². The Kier molecular flexibility index (Phi) is 4.92. The summed E-state index contributed by atoms with van der Waals surface area (Å²) in [5.41, 5.74) is 0.117. The number of carbonyl (C=O) groups excluding carboxylic acids is 1. The Morgan fingerprint density at radius 1 is 1.39 bits per heavy atom. The standard InChI is InChI=1S/C17H22FNO4/c1-17(2,3)23-16(22)19-10-12(9-14(19)15(20)21)7-11-5-4-6-13(18)8-11/h4-6,8,12,14H,7,9-10H2,1-3H3,(H,20,21). The maximum absolute atomic E-state index is 13.3. The van der Waals surface area contributed by atoms with Gasteiger partial charge in [-0.3, -0.25) is 4.90 Å². The second kappa shape index (κ2) is 6.56. The fraction of sp³-hybridized carbons (Fsp3) is 0.529. The SMILES string of the molecule is CC(C)(C)OC(=O)N1CC(Cc2cccc(F)c2)CC1C(=O)O. The lowest BCUT2D eigenvalue weighted by Gasteiger charge is -2.26. The number of amides is 1. The molecular formula is C17H22FNO4. The number of carboxylic acid groups (broad SMARTS) is 1. The Morgan fingerprint density at radius 2 is 2.09 bits per heavy atom. The van der Waals surface area contributed by atoms with Crippen molar-refractivity contribution in [3.8, 4) is 0 Å². The summed E-state index contributed by atoms with van der Waals surface area (Å²) >= 11 is 0. The fourth-order valence-corrected chi connectivity index (χ4v) is 2.82. The number of rotatable bonds is 3. The average Bonchev–Trinajstić information content (AvgIpc) is 2.81. The van der Waals surface area contributed by atoms with Gasteiger partial charge >= 0.3 is 12.1 Å². The monoisotopic (exact) mass is 323 g/mol. The van der Waals surface area contributed by atoms with E-state index in [-0.39, 0.29) is 11.7 Å². The number of halogens is 1. The minimum atomic E-state index is -1.04. The van der Waals surface area contributed by atoms with Gasteiger partial charge in [-0.25, -0.2) is 14.0 Å². The van der Waals surface area contributed by atoms with Gasteiger partial charge in [0.15, 0.2) is 0 Å². The number of aliphatic carboxylic acids is 1. The smallest absolute Gasteiger partial charge is 0.411 e. The molecule has 126 valence electrons. The van der Waals surface area contributed by atoms with E-state index in [1.807, 2.05) is 0 Å². The summed E-state index contributed by atoms with van der Waals surface area (Å²) in [4.78, 5) is 24.9. The number of likely N-dealkylation sites (tertiary alicyclic amines) is 1. The molecule has 1 aliphatic heterocycles. The predicted octanol–water partition coefficient (Wildman–Crippen LogP) is 3.08. The number of hydrogen-bond acceptors (Lipinski definition) is 3. The topological polar surface area (TPSA) is 66.8 Å². The number of hydrogen-bond donors (Lipinski definition) is 1. The van der Waals surface area contributed by atoms with Crippen LogP contribution in [0.5, 0.6) is 0 Å². The molecule has 1 fully saturated rings. The van der Waals surface area contributed by atoms with Gasteiger partial charge in [-0.05, 0) is 57.2 Å². The molecule has 6 heteroatoms. The van der Waals surface area contributed by atoms with Gasteiger partial charge < -0.3 is 9.84 Å². The molecule has 1 heterocycles. The third kappa shape index (κ3) is 4.68. The molecule has 0 aliphatic carbocycles. The summed E-state index contributed by atoms with van der Waals surface area (Å²) in [7, 11) is 0. The Labute approximate surface area is 135 Å². The highest BCUT2D eigenvalue weighted by atomic mass is 19.1. The molecule has 0 saturated carbocycles. The maximum atomic E-state index is 13.3. The van der Waals surface area contributed by atoms with E-state index in [9.17, 15) is 19.1 Å². The highest BCUT2D eigenvalue weighted by Gasteiger charge is 2.41. The molecule has 2 unspecified atom stereocenters. The third-order valence-electron chi connectivity index (χ3n) is 3.71. The molecule has 0 radical (unpaired) electrons. The fourth-order valence-electron chi connectivity index (χ4n) is 2.82. The first kappa shape index (κ1) is 17.2. The van der Waals surface area contributed by atoms with Crippen LogP contribution >= 0.6 is 0 Å². The zero-order chi connectivity index (χ0) is 17.2. The molecule has 2 atom stereocenters. The second-order valence-electron chi connectivity index (χ2n) is 6.92. The molecule has 5 nitrogen and oxygen atoms in total. The van der Waals surface area contributed by atoms with E-state index in [1.54, 1.807) is 32.9 Å². The third-order valence-corrected chi connectivity index (χ3v) is 3.71. The lowest BCUT2D eigenvalue weighted by molar-refractivity contribution is -0.142. The summed E-state index contributed by atoms with van der Waals surface area (Å²) < 4.78 is 18.5. The summed E-state index contributed by atoms with van der Waals surface area (Å²) in [5, 5.41) is 9.35. The van der Waals surface area contributed by atoms with Crippen molar-refractivity contribution in [1.82, 2.24) is 4.90 Å². The number of benzene rings is 1. The second-order valence-corrected chi connectivity index (χ2v) is 6.92. The minimum Gasteiger partial charge on any atom is -0.480 e. The predicted molar refractivity (Wildman–Crippen MR) is 82.6 cm³/mol. The largest absolute Gasteiger partial charge is 0.480 e. The molecule has 1 aromatic rings. The van der Waals surface area contributed by atoms with Crippen LogP contribution in [0, 0.1) is 11.7 Å². The summed E-state index contributed by atoms with van der Waals surface area (Å²) in [6.07, 6.45) is 0.248. The Balaban J connectivity index is 2.08. The van der Waals surface area contributed by atoms with Gasteiger partial charge in [0.25, 0.3) is 0 Å². The van der Waals surface area contributed by atoms with Crippen LogP contribution in [0.1, 0.15) is 32.8 Å². The van der Waals surface area contributed by atoms with Crippen LogP contribution in [-0.4, -0.2) is 40.3 Å². The molecule has 2 rings (SSSR count). The van der Waals surface area contributed by atoms with E-state index >= 15 is 0 Å². The highest BCUT2D eigenvalue weighted by Crippen LogP contribution is 2.28. The van der Waals surface area contributed by atoms with Gasteiger partial charge in [-0.15, -0.1) is 0 Å². The van der Waals surface area contributed by atoms with E-state index < -0.39 is 23.7 Å². The van der Waals surface area contributed by atoms with Crippen molar-refractivity contribution in [2.24, 2.45) is 5.92 Å². The molecule has 1 aromatic carbocycles. The van der Waals surface area contributed by atoms with Crippen LogP contribution in [0.25, 0.3) is 0 Å². The van der Waals surface area contributed by atoms with E-state index in [0.717, 1.165) is 5.56 Å². The van der Waals surface area contributed by atoms with Crippen LogP contribution in [0.2, 0.25) is 0 Å². The molecule has 23 heavy (non-hydrogen) atoms. The molecule has 0 spiro atoms. The normalized spacial score (nSPS) is 21.3. The lowest BCUT2D eigenvalue weighted by atomic mass is 9.97. The van der Waals surface area contributed by atoms with Crippen molar-refractivity contribution < 1.29 is 23.8 Å². The minimum absolute atomic E-state index is 0.0366. The zero-order valence-corrected chi connectivity index (χ0v) is 13.6. The summed E-state index contributed by atoms with van der Waals surface area (Å²) in [5.74, 6) is -1.40. The van der Waals surface area contributed by atoms with Crippen molar-refractivity contribution >= 4 is 12.1 Å². The van der Waals surface area contributed by atoms with Gasteiger partial charge in [-0.1, -0.05) is 12.1 Å². The Bertz CT molecular complexity index is 597. The molecule has 0 bridgehead atoms. The highest BCUT2D eigenvalue weighted by molar-refractivity contribution is 5.81. The molecule has 0 aromatic heterocycles. The van der Waals surface area contributed by atoms with Gasteiger partial charge in [0.05, 0.1) is 0 Å². The first-order chi connectivity index (χ1) is 10.7. The van der Waals surface area contributed by atoms with Gasteiger partial charge in [-0.2, -0.15) is 0 Å². The Hall–Kier alpha value is -2.11. The molecule has 1 saturated heterocycles. The van der Waals surface area contributed by atoms with Crippen LogP contribution in [-0.2, 0) is 16.0 Å². The van der Waals surface area contributed by atoms with Crippen molar-refractivity contribution in [3.63, 3.8) is 0 Å². The molecule has 1 aliphatic rings. The lowest BCUT2D eigenvalue weighted by Crippen LogP contribution is -2.43. The van der Waals surface area contributed by atoms with Crippen molar-refractivity contribution in [1.29, 1.82) is 0 Å². The molecule has 1 amide bonds. The van der Waals surface area contributed by atoms with Crippen LogP contribution in [0.15, 0.2) is 24.3 Å². The van der Waals surface area contributed by atoms with Crippen molar-refractivity contribution in [3.05, 3.63) is 35.6 Å². The number of carbonyl (C=O) groups is 2. The first-order valence-corrected chi connectivity index (χ1v) is 7.62. The maximum Gasteiger partial charge on any atom is 0.411 e. The Morgan fingerprint density at radius 3 is 2.65 bits per heavy atom. The van der Waals surface area contributed by atoms with E-state index in [0.29, 0.717) is 19.4 Å². The van der Waals surface area contributed by atoms with Gasteiger partial charge in [0.2, 0.25) is 0 Å². The van der Waals surface area contributed by atoms with Crippen molar-refractivity contribution in [2.45, 2.75) is 45.3 Å². The average molecular weight is 323 g/mol.